The molecule has 2 aliphatic heterocycles. The molecule has 9 heteroatoms. The Balaban J connectivity index is 1.69. The zero-order valence-corrected chi connectivity index (χ0v) is 16.8. The molecule has 9 nitrogen and oxygen atoms in total. The standard InChI is InChI=1S/C21H23N6O3/c1-28-18-10-15(11-19(13-18)29-2)24-21-25-20-14-23-7-8-27(20,26-21)16-4-3-5-17(12-16)30-9-6-22/h3-5,7-8,10-14H,6,9,22H2,1-2H3,(H,24,26)/q+1. The van der Waals surface area contributed by atoms with E-state index in [2.05, 4.69) is 15.3 Å². The molecule has 0 radical (unpaired) electrons. The molecule has 0 amide bonds. The molecule has 2 heterocycles. The van der Waals surface area contributed by atoms with E-state index in [4.69, 9.17) is 25.0 Å². The van der Waals surface area contributed by atoms with Gasteiger partial charge in [-0.1, -0.05) is 10.7 Å². The summed E-state index contributed by atoms with van der Waals surface area (Å²) in [5.74, 6) is 3.14. The molecule has 1 unspecified atom stereocenters. The highest BCUT2D eigenvalue weighted by Crippen LogP contribution is 2.34. The predicted octanol–water partition coefficient (Wildman–Crippen LogP) is 2.70. The molecule has 2 aromatic rings. The minimum Gasteiger partial charge on any atom is -0.497 e. The van der Waals surface area contributed by atoms with Gasteiger partial charge in [0.15, 0.2) is 11.9 Å². The van der Waals surface area contributed by atoms with Crippen molar-refractivity contribution in [1.29, 1.82) is 0 Å². The van der Waals surface area contributed by atoms with Gasteiger partial charge in [-0.25, -0.2) is 0 Å². The fourth-order valence-corrected chi connectivity index (χ4v) is 3.18. The summed E-state index contributed by atoms with van der Waals surface area (Å²) in [6.45, 7) is 0.884. The number of amidine groups is 1. The van der Waals surface area contributed by atoms with Crippen LogP contribution < -0.4 is 29.9 Å². The molecule has 2 aliphatic rings. The van der Waals surface area contributed by atoms with Crippen molar-refractivity contribution in [2.45, 2.75) is 0 Å². The molecule has 0 aliphatic carbocycles. The number of benzene rings is 2. The summed E-state index contributed by atoms with van der Waals surface area (Å²) < 4.78 is 16.4. The van der Waals surface area contributed by atoms with Crippen LogP contribution in [0.3, 0.4) is 0 Å². The Hall–Kier alpha value is -3.69. The van der Waals surface area contributed by atoms with Gasteiger partial charge in [-0.05, 0) is 11.2 Å². The van der Waals surface area contributed by atoms with Crippen molar-refractivity contribution < 1.29 is 14.2 Å². The monoisotopic (exact) mass is 407 g/mol. The van der Waals surface area contributed by atoms with Gasteiger partial charge in [-0.15, -0.1) is 0 Å². The Labute approximate surface area is 174 Å². The number of nitrogens with two attached hydrogens (primary N) is 1. The highest BCUT2D eigenvalue weighted by atomic mass is 16.5. The number of nitrogens with zero attached hydrogens (tertiary/aromatic N) is 4. The fraction of sp³-hybridized carbons (Fsp3) is 0.190. The molecule has 0 saturated heterocycles. The fourth-order valence-electron chi connectivity index (χ4n) is 3.18. The Bertz CT molecular complexity index is 1040. The molecule has 0 fully saturated rings. The third-order valence-electron chi connectivity index (χ3n) is 4.59. The molecule has 4 rings (SSSR count). The van der Waals surface area contributed by atoms with E-state index in [0.717, 1.165) is 17.1 Å². The third-order valence-corrected chi connectivity index (χ3v) is 4.59. The maximum atomic E-state index is 5.68. The summed E-state index contributed by atoms with van der Waals surface area (Å²) in [7, 11) is 3.21. The predicted molar refractivity (Wildman–Crippen MR) is 118 cm³/mol. The SMILES string of the molecule is COc1cc(NC2=N[N+]3(c4cccc(OCCN)c4)C=CN=CC3=N2)cc(OC)c1. The first-order valence-electron chi connectivity index (χ1n) is 9.39. The van der Waals surface area contributed by atoms with Gasteiger partial charge in [0.25, 0.3) is 11.8 Å². The molecule has 0 spiro atoms. The number of fused-ring (bicyclic) bond motifs is 1. The van der Waals surface area contributed by atoms with E-state index in [1.54, 1.807) is 32.7 Å². The van der Waals surface area contributed by atoms with Crippen molar-refractivity contribution in [2.75, 3.05) is 32.7 Å². The molecule has 154 valence electrons. The zero-order chi connectivity index (χ0) is 21.0. The number of nitrogens with one attached hydrogen (secondary N) is 1. The van der Waals surface area contributed by atoms with Crippen molar-refractivity contribution in [1.82, 2.24) is 4.59 Å². The topological polar surface area (TPSA) is 103 Å². The number of hydrogen-bond acceptors (Lipinski definition) is 8. The Kier molecular flexibility index (Phi) is 5.46. The second kappa shape index (κ2) is 8.36. The summed E-state index contributed by atoms with van der Waals surface area (Å²) in [5.41, 5.74) is 7.16. The van der Waals surface area contributed by atoms with E-state index in [-0.39, 0.29) is 4.59 Å². The number of methoxy groups -OCH3 is 2. The van der Waals surface area contributed by atoms with Crippen LogP contribution in [0.5, 0.6) is 17.2 Å². The van der Waals surface area contributed by atoms with Crippen LogP contribution in [0.25, 0.3) is 0 Å². The average molecular weight is 407 g/mol. The van der Waals surface area contributed by atoms with Crippen molar-refractivity contribution in [2.24, 2.45) is 20.8 Å². The number of anilines is 1. The van der Waals surface area contributed by atoms with Gasteiger partial charge in [0, 0.05) is 42.6 Å². The quantitative estimate of drug-likeness (QED) is 0.687. The average Bonchev–Trinajstić information content (AvgIpc) is 3.16. The first-order chi connectivity index (χ1) is 14.7. The summed E-state index contributed by atoms with van der Waals surface area (Å²) in [6, 6.07) is 13.2. The largest absolute Gasteiger partial charge is 0.497 e. The Morgan fingerprint density at radius 2 is 1.83 bits per heavy atom. The second-order valence-corrected chi connectivity index (χ2v) is 6.52. The molecule has 1 atom stereocenters. The number of ether oxygens (including phenoxy) is 3. The van der Waals surface area contributed by atoms with Gasteiger partial charge < -0.3 is 25.3 Å². The van der Waals surface area contributed by atoms with Crippen LogP contribution in [0, 0.1) is 0 Å². The summed E-state index contributed by atoms with van der Waals surface area (Å²) in [6.07, 6.45) is 5.26. The van der Waals surface area contributed by atoms with Gasteiger partial charge in [0.2, 0.25) is 0 Å². The van der Waals surface area contributed by atoms with E-state index in [1.807, 2.05) is 42.6 Å². The normalized spacial score (nSPS) is 19.0. The van der Waals surface area contributed by atoms with E-state index in [0.29, 0.717) is 36.4 Å². The van der Waals surface area contributed by atoms with E-state index in [1.165, 1.54) is 0 Å². The lowest BCUT2D eigenvalue weighted by Crippen LogP contribution is -2.44. The number of hydrogen-bond donors (Lipinski definition) is 2. The van der Waals surface area contributed by atoms with Gasteiger partial charge in [-0.3, -0.25) is 4.99 Å². The molecule has 2 aromatic carbocycles. The van der Waals surface area contributed by atoms with E-state index in [9.17, 15) is 0 Å². The van der Waals surface area contributed by atoms with Crippen LogP contribution in [0.2, 0.25) is 0 Å². The number of guanidine groups is 1. The Morgan fingerprint density at radius 1 is 1.03 bits per heavy atom. The van der Waals surface area contributed by atoms with Crippen LogP contribution in [-0.4, -0.2) is 45.4 Å². The minimum absolute atomic E-state index is 0.0484. The molecular formula is C21H23N6O3+. The maximum absolute atomic E-state index is 5.68. The molecule has 3 N–H and O–H groups in total. The highest BCUT2D eigenvalue weighted by molar-refractivity contribution is 6.38. The smallest absolute Gasteiger partial charge is 0.287 e. The first kappa shape index (κ1) is 19.6. The van der Waals surface area contributed by atoms with E-state index < -0.39 is 0 Å². The van der Waals surface area contributed by atoms with Crippen molar-refractivity contribution >= 4 is 29.4 Å². The van der Waals surface area contributed by atoms with Gasteiger partial charge in [0.05, 0.1) is 20.4 Å². The van der Waals surface area contributed by atoms with E-state index >= 15 is 0 Å². The van der Waals surface area contributed by atoms with Crippen molar-refractivity contribution in [3.05, 3.63) is 54.9 Å². The Morgan fingerprint density at radius 3 is 2.57 bits per heavy atom. The van der Waals surface area contributed by atoms with Crippen LogP contribution in [0.4, 0.5) is 11.4 Å². The lowest BCUT2D eigenvalue weighted by atomic mass is 10.2. The molecule has 0 bridgehead atoms. The lowest BCUT2D eigenvalue weighted by molar-refractivity contribution is 0.328. The lowest BCUT2D eigenvalue weighted by Gasteiger charge is -2.24. The highest BCUT2D eigenvalue weighted by Gasteiger charge is 2.43. The van der Waals surface area contributed by atoms with Gasteiger partial charge in [0.1, 0.15) is 30.1 Å². The van der Waals surface area contributed by atoms with Crippen LogP contribution in [0.15, 0.2) is 70.0 Å². The van der Waals surface area contributed by atoms with Crippen molar-refractivity contribution in [3.63, 3.8) is 0 Å². The van der Waals surface area contributed by atoms with Crippen LogP contribution in [-0.2, 0) is 0 Å². The minimum atomic E-state index is 0.0484. The van der Waals surface area contributed by atoms with Gasteiger partial charge >= 0.3 is 0 Å². The molecule has 0 aromatic heterocycles. The summed E-state index contributed by atoms with van der Waals surface area (Å²) in [5, 5.41) is 8.07. The zero-order valence-electron chi connectivity index (χ0n) is 16.8. The molecule has 0 saturated carbocycles. The maximum Gasteiger partial charge on any atom is 0.287 e. The number of quaternary nitrogens is 1. The third kappa shape index (κ3) is 3.76. The van der Waals surface area contributed by atoms with Crippen LogP contribution in [0.1, 0.15) is 0 Å². The number of aliphatic imine (C=N–C) groups is 2. The summed E-state index contributed by atoms with van der Waals surface area (Å²) in [4.78, 5) is 8.86. The summed E-state index contributed by atoms with van der Waals surface area (Å²) >= 11 is 0. The second-order valence-electron chi connectivity index (χ2n) is 6.52. The molecular weight excluding hydrogens is 384 g/mol. The van der Waals surface area contributed by atoms with Crippen molar-refractivity contribution in [3.8, 4) is 17.2 Å². The first-order valence-corrected chi connectivity index (χ1v) is 9.39. The molecule has 30 heavy (non-hydrogen) atoms. The van der Waals surface area contributed by atoms with Crippen LogP contribution >= 0.6 is 0 Å². The van der Waals surface area contributed by atoms with Gasteiger partial charge in [-0.2, -0.15) is 4.99 Å². The number of rotatable bonds is 7.